The van der Waals surface area contributed by atoms with Crippen LogP contribution in [0.2, 0.25) is 0 Å². The van der Waals surface area contributed by atoms with E-state index in [0.29, 0.717) is 5.92 Å². The van der Waals surface area contributed by atoms with Gasteiger partial charge in [-0.15, -0.1) is 0 Å². The molecule has 0 amide bonds. The van der Waals surface area contributed by atoms with Crippen molar-refractivity contribution in [3.05, 3.63) is 11.6 Å². The van der Waals surface area contributed by atoms with Crippen molar-refractivity contribution in [1.29, 1.82) is 0 Å². The summed E-state index contributed by atoms with van der Waals surface area (Å²) in [6.45, 7) is 11.7. The Morgan fingerprint density at radius 1 is 1.20 bits per heavy atom. The second kappa shape index (κ2) is 7.14. The molecule has 0 aromatic rings. The summed E-state index contributed by atoms with van der Waals surface area (Å²) in [7, 11) is 0. The zero-order valence-electron chi connectivity index (χ0n) is 21.9. The molecule has 2 bridgehead atoms. The van der Waals surface area contributed by atoms with E-state index in [1.165, 1.54) is 5.71 Å². The Kier molecular flexibility index (Phi) is 4.81. The summed E-state index contributed by atoms with van der Waals surface area (Å²) in [5.41, 5.74) is 0.530. The van der Waals surface area contributed by atoms with Crippen LogP contribution in [0.1, 0.15) is 86.0 Å². The Morgan fingerprint density at radius 2 is 1.94 bits per heavy atom. The molecular weight excluding hydrogens is 442 g/mol. The summed E-state index contributed by atoms with van der Waals surface area (Å²) >= 11 is 0. The van der Waals surface area contributed by atoms with Crippen molar-refractivity contribution in [1.82, 2.24) is 0 Å². The van der Waals surface area contributed by atoms with Crippen LogP contribution in [0.3, 0.4) is 0 Å². The first-order chi connectivity index (χ1) is 16.3. The van der Waals surface area contributed by atoms with E-state index in [1.807, 2.05) is 6.92 Å². The van der Waals surface area contributed by atoms with Crippen LogP contribution in [0.25, 0.3) is 0 Å². The fourth-order valence-corrected chi connectivity index (χ4v) is 10.1. The highest BCUT2D eigenvalue weighted by Crippen LogP contribution is 2.69. The molecule has 3 aliphatic carbocycles. The summed E-state index contributed by atoms with van der Waals surface area (Å²) in [5.74, 6) is -0.635. The number of ketones is 2. The third-order valence-corrected chi connectivity index (χ3v) is 11.6. The Morgan fingerprint density at radius 3 is 2.66 bits per heavy atom. The third-order valence-electron chi connectivity index (χ3n) is 11.6. The molecular formula is C29H40NO5+. The van der Waals surface area contributed by atoms with Gasteiger partial charge in [0.15, 0.2) is 18.0 Å². The molecule has 2 saturated heterocycles. The van der Waals surface area contributed by atoms with E-state index >= 15 is 0 Å². The SMILES string of the molecule is CC1=CC(=O)[C@H]2CC(=O)[C@H]3[C@@](C)(CC4=[N+]5C[C@H]6C[C@H](C)C[C@]5(CC[C@@]4(C)[C@@]3(C)CC(=O)O)O6)[C@@H]2C1. The standard InChI is InChI=1S/C29H39NO5/c1-16-9-20-19(21(31)10-16)11-22(32)25-26(20,3)13-23-27(4,28(25,5)14-24(33)34)6-7-29-12-17(2)8-18(35-29)15-30(23)29/h10,17-20,25H,6-9,11-15H2,1-5H3/p+1/t17-,18+,19-,20+,25-,26-,27+,28-,29-/m0/s1. The van der Waals surface area contributed by atoms with E-state index in [4.69, 9.17) is 4.74 Å². The van der Waals surface area contributed by atoms with E-state index in [9.17, 15) is 19.5 Å². The topological polar surface area (TPSA) is 83.7 Å². The summed E-state index contributed by atoms with van der Waals surface area (Å²) < 4.78 is 9.23. The van der Waals surface area contributed by atoms with Gasteiger partial charge in [-0.05, 0) is 56.4 Å². The zero-order chi connectivity index (χ0) is 25.1. The molecule has 190 valence electrons. The third kappa shape index (κ3) is 2.92. The van der Waals surface area contributed by atoms with E-state index in [0.717, 1.165) is 50.6 Å². The van der Waals surface area contributed by atoms with Crippen molar-refractivity contribution >= 4 is 23.2 Å². The summed E-state index contributed by atoms with van der Waals surface area (Å²) in [6.07, 6.45) is 7.54. The van der Waals surface area contributed by atoms with E-state index < -0.39 is 22.2 Å². The van der Waals surface area contributed by atoms with Gasteiger partial charge >= 0.3 is 5.97 Å². The fourth-order valence-electron chi connectivity index (χ4n) is 10.1. The highest BCUT2D eigenvalue weighted by Gasteiger charge is 2.74. The number of carboxylic acids is 1. The second-order valence-corrected chi connectivity index (χ2v) is 13.7. The van der Waals surface area contributed by atoms with Crippen molar-refractivity contribution < 1.29 is 28.8 Å². The maximum Gasteiger partial charge on any atom is 0.303 e. The first-order valence-corrected chi connectivity index (χ1v) is 13.6. The predicted octanol–water partition coefficient (Wildman–Crippen LogP) is 4.40. The molecule has 3 aliphatic heterocycles. The molecule has 0 aromatic carbocycles. The number of carboxylic acid groups (broad SMARTS) is 1. The smallest absolute Gasteiger partial charge is 0.303 e. The summed E-state index contributed by atoms with van der Waals surface area (Å²) in [4.78, 5) is 39.5. The number of allylic oxidation sites excluding steroid dienone is 2. The normalized spacial score (nSPS) is 50.7. The van der Waals surface area contributed by atoms with Crippen LogP contribution in [0.4, 0.5) is 0 Å². The van der Waals surface area contributed by atoms with Gasteiger partial charge in [0.25, 0.3) is 5.72 Å². The largest absolute Gasteiger partial charge is 0.481 e. The molecule has 3 heterocycles. The number of rotatable bonds is 2. The number of hydrogen-bond acceptors (Lipinski definition) is 4. The molecule has 6 aliphatic rings. The number of carbonyl (C=O) groups is 3. The summed E-state index contributed by atoms with van der Waals surface area (Å²) in [5, 5.41) is 10.2. The van der Waals surface area contributed by atoms with Crippen molar-refractivity contribution in [3.8, 4) is 0 Å². The Balaban J connectivity index is 1.58. The lowest BCUT2D eigenvalue weighted by Gasteiger charge is -2.65. The van der Waals surface area contributed by atoms with Crippen LogP contribution in [0, 0.1) is 39.9 Å². The zero-order valence-corrected chi connectivity index (χ0v) is 21.9. The highest BCUT2D eigenvalue weighted by atomic mass is 16.5. The highest BCUT2D eigenvalue weighted by molar-refractivity contribution is 6.01. The van der Waals surface area contributed by atoms with Gasteiger partial charge in [-0.2, -0.15) is 0 Å². The number of Topliss-reactive ketones (excluding diaryl/α,β-unsaturated/α-hetero) is 1. The number of carbonyl (C=O) groups excluding carboxylic acids is 2. The molecule has 4 fully saturated rings. The van der Waals surface area contributed by atoms with Crippen LogP contribution in [-0.4, -0.2) is 51.3 Å². The molecule has 6 heteroatoms. The average Bonchev–Trinajstić information content (AvgIpc) is 3.01. The van der Waals surface area contributed by atoms with Crippen LogP contribution >= 0.6 is 0 Å². The molecule has 2 saturated carbocycles. The molecule has 0 aromatic heterocycles. The minimum Gasteiger partial charge on any atom is -0.481 e. The van der Waals surface area contributed by atoms with Crippen LogP contribution in [0.5, 0.6) is 0 Å². The maximum absolute atomic E-state index is 14.0. The maximum atomic E-state index is 14.0. The predicted molar refractivity (Wildman–Crippen MR) is 130 cm³/mol. The van der Waals surface area contributed by atoms with Gasteiger partial charge in [0.2, 0.25) is 0 Å². The first-order valence-electron chi connectivity index (χ1n) is 13.6. The van der Waals surface area contributed by atoms with Gasteiger partial charge in [-0.3, -0.25) is 14.4 Å². The van der Waals surface area contributed by atoms with Crippen molar-refractivity contribution in [2.75, 3.05) is 6.54 Å². The Hall–Kier alpha value is -1.82. The molecule has 9 atom stereocenters. The molecule has 6 nitrogen and oxygen atoms in total. The van der Waals surface area contributed by atoms with Crippen molar-refractivity contribution in [2.24, 2.45) is 39.9 Å². The lowest BCUT2D eigenvalue weighted by atomic mass is 9.36. The van der Waals surface area contributed by atoms with Gasteiger partial charge in [0.05, 0.1) is 11.8 Å². The van der Waals surface area contributed by atoms with Crippen molar-refractivity contribution in [2.45, 2.75) is 97.8 Å². The molecule has 1 N–H and O–H groups in total. The van der Waals surface area contributed by atoms with E-state index in [1.54, 1.807) is 6.08 Å². The first kappa shape index (κ1) is 23.6. The quantitative estimate of drug-likeness (QED) is 0.590. The lowest BCUT2D eigenvalue weighted by molar-refractivity contribution is -0.635. The molecule has 1 spiro atoms. The monoisotopic (exact) mass is 482 g/mol. The van der Waals surface area contributed by atoms with Crippen molar-refractivity contribution in [3.63, 3.8) is 0 Å². The number of nitrogens with zero attached hydrogens (tertiary/aromatic N) is 1. The van der Waals surface area contributed by atoms with Gasteiger partial charge in [-0.1, -0.05) is 26.3 Å². The van der Waals surface area contributed by atoms with E-state index in [2.05, 4.69) is 32.3 Å². The van der Waals surface area contributed by atoms with Crippen LogP contribution < -0.4 is 0 Å². The minimum atomic E-state index is -0.839. The molecule has 0 radical (unpaired) electrons. The van der Waals surface area contributed by atoms with Gasteiger partial charge in [0, 0.05) is 42.9 Å². The number of fused-ring (bicyclic) bond motifs is 5. The van der Waals surface area contributed by atoms with Gasteiger partial charge in [-0.25, -0.2) is 4.58 Å². The Labute approximate surface area is 208 Å². The number of ether oxygens (including phenoxy) is 1. The fraction of sp³-hybridized carbons (Fsp3) is 0.793. The van der Waals surface area contributed by atoms with Crippen LogP contribution in [-0.2, 0) is 19.1 Å². The van der Waals surface area contributed by atoms with Gasteiger partial charge < -0.3 is 9.84 Å². The lowest BCUT2D eigenvalue weighted by Crippen LogP contribution is -2.70. The number of aliphatic carboxylic acids is 1. The molecule has 0 unspecified atom stereocenters. The molecule has 35 heavy (non-hydrogen) atoms. The Bertz CT molecular complexity index is 1110. The number of hydrogen-bond donors (Lipinski definition) is 1. The van der Waals surface area contributed by atoms with Gasteiger partial charge in [0.1, 0.15) is 11.9 Å². The second-order valence-electron chi connectivity index (χ2n) is 13.7. The molecule has 6 rings (SSSR count). The summed E-state index contributed by atoms with van der Waals surface area (Å²) in [6, 6.07) is 0. The average molecular weight is 483 g/mol. The van der Waals surface area contributed by atoms with Crippen LogP contribution in [0.15, 0.2) is 11.6 Å². The van der Waals surface area contributed by atoms with E-state index in [-0.39, 0.29) is 54.0 Å². The minimum absolute atomic E-state index is 0.0271.